The molecule has 0 unspecified atom stereocenters. The van der Waals surface area contributed by atoms with Gasteiger partial charge in [-0.15, -0.1) is 0 Å². The van der Waals surface area contributed by atoms with Gasteiger partial charge >= 0.3 is 0 Å². The Morgan fingerprint density at radius 1 is 1.07 bits per heavy atom. The largest absolute Gasteiger partial charge is 0.255 e. The Labute approximate surface area is 85.9 Å². The van der Waals surface area contributed by atoms with Gasteiger partial charge in [0.05, 0.1) is 0 Å². The van der Waals surface area contributed by atoms with E-state index in [4.69, 9.17) is 0 Å². The van der Waals surface area contributed by atoms with Gasteiger partial charge in [0.2, 0.25) is 0 Å². The van der Waals surface area contributed by atoms with Crippen molar-refractivity contribution in [2.75, 3.05) is 13.1 Å². The van der Waals surface area contributed by atoms with Crippen molar-refractivity contribution in [2.45, 2.75) is 25.8 Å². The first-order chi connectivity index (χ1) is 6.95. The number of nitrogens with one attached hydrogen (secondary N) is 1. The molecule has 1 fully saturated rings. The molecule has 1 N–H and O–H groups in total. The van der Waals surface area contributed by atoms with Crippen LogP contribution in [0.1, 0.15) is 24.8 Å². The summed E-state index contributed by atoms with van der Waals surface area (Å²) >= 11 is 0. The van der Waals surface area contributed by atoms with Crippen LogP contribution in [0.5, 0.6) is 0 Å². The lowest BCUT2D eigenvalue weighted by Gasteiger charge is -2.20. The molecule has 0 amide bonds. The summed E-state index contributed by atoms with van der Waals surface area (Å²) in [6.45, 7) is 3.34. The molecule has 1 aromatic carbocycles. The predicted molar refractivity (Wildman–Crippen MR) is 58.7 cm³/mol. The fourth-order valence-corrected chi connectivity index (χ4v) is 1.86. The SMILES string of the molecule is c1ccc(CN2CCCCCN2)cc1. The molecule has 0 spiro atoms. The lowest BCUT2D eigenvalue weighted by molar-refractivity contribution is 0.192. The van der Waals surface area contributed by atoms with Crippen molar-refractivity contribution in [3.05, 3.63) is 35.9 Å². The highest BCUT2D eigenvalue weighted by Gasteiger charge is 2.07. The Bertz CT molecular complexity index is 250. The maximum absolute atomic E-state index is 3.46. The van der Waals surface area contributed by atoms with Gasteiger partial charge in [0.25, 0.3) is 0 Å². The van der Waals surface area contributed by atoms with E-state index >= 15 is 0 Å². The highest BCUT2D eigenvalue weighted by molar-refractivity contribution is 5.14. The number of rotatable bonds is 2. The molecule has 1 aliphatic rings. The zero-order valence-electron chi connectivity index (χ0n) is 8.58. The van der Waals surface area contributed by atoms with Gasteiger partial charge < -0.3 is 0 Å². The highest BCUT2D eigenvalue weighted by Crippen LogP contribution is 2.07. The highest BCUT2D eigenvalue weighted by atomic mass is 15.5. The summed E-state index contributed by atoms with van der Waals surface area (Å²) < 4.78 is 0. The zero-order valence-corrected chi connectivity index (χ0v) is 8.58. The first-order valence-corrected chi connectivity index (χ1v) is 5.47. The average molecular weight is 190 g/mol. The van der Waals surface area contributed by atoms with E-state index in [1.807, 2.05) is 0 Å². The van der Waals surface area contributed by atoms with Crippen LogP contribution in [0.3, 0.4) is 0 Å². The third-order valence-electron chi connectivity index (χ3n) is 2.66. The molecule has 2 rings (SSSR count). The lowest BCUT2D eigenvalue weighted by atomic mass is 10.2. The number of hydrazine groups is 1. The summed E-state index contributed by atoms with van der Waals surface area (Å²) in [7, 11) is 0. The minimum Gasteiger partial charge on any atom is -0.255 e. The molecule has 1 heterocycles. The summed E-state index contributed by atoms with van der Waals surface area (Å²) in [5.41, 5.74) is 4.85. The van der Waals surface area contributed by atoms with E-state index in [-0.39, 0.29) is 0 Å². The van der Waals surface area contributed by atoms with Crippen LogP contribution in [0, 0.1) is 0 Å². The van der Waals surface area contributed by atoms with Crippen molar-refractivity contribution in [1.82, 2.24) is 10.4 Å². The lowest BCUT2D eigenvalue weighted by Crippen LogP contribution is -2.36. The number of nitrogens with zero attached hydrogens (tertiary/aromatic N) is 1. The van der Waals surface area contributed by atoms with Gasteiger partial charge in [-0.05, 0) is 18.4 Å². The molecular formula is C12H18N2. The van der Waals surface area contributed by atoms with E-state index in [9.17, 15) is 0 Å². The molecule has 0 aliphatic carbocycles. The fraction of sp³-hybridized carbons (Fsp3) is 0.500. The molecular weight excluding hydrogens is 172 g/mol. The number of hydrogen-bond donors (Lipinski definition) is 1. The summed E-state index contributed by atoms with van der Waals surface area (Å²) in [5, 5.41) is 2.34. The molecule has 1 saturated heterocycles. The van der Waals surface area contributed by atoms with E-state index in [0.29, 0.717) is 0 Å². The quantitative estimate of drug-likeness (QED) is 0.769. The third-order valence-corrected chi connectivity index (χ3v) is 2.66. The van der Waals surface area contributed by atoms with Gasteiger partial charge in [-0.2, -0.15) is 0 Å². The van der Waals surface area contributed by atoms with Crippen LogP contribution in [0.4, 0.5) is 0 Å². The van der Waals surface area contributed by atoms with Crippen LogP contribution in [0.25, 0.3) is 0 Å². The second-order valence-electron chi connectivity index (χ2n) is 3.88. The second kappa shape index (κ2) is 5.13. The molecule has 0 aromatic heterocycles. The van der Waals surface area contributed by atoms with Crippen LogP contribution in [-0.2, 0) is 6.54 Å². The van der Waals surface area contributed by atoms with Gasteiger partial charge in [0.1, 0.15) is 0 Å². The van der Waals surface area contributed by atoms with Crippen molar-refractivity contribution in [3.63, 3.8) is 0 Å². The standard InChI is InChI=1S/C12H18N2/c1-3-7-12(8-4-1)11-14-10-6-2-5-9-13-14/h1,3-4,7-8,13H,2,5-6,9-11H2. The van der Waals surface area contributed by atoms with Crippen LogP contribution >= 0.6 is 0 Å². The Morgan fingerprint density at radius 3 is 2.79 bits per heavy atom. The monoisotopic (exact) mass is 190 g/mol. The molecule has 14 heavy (non-hydrogen) atoms. The van der Waals surface area contributed by atoms with Crippen LogP contribution in [0.15, 0.2) is 30.3 Å². The average Bonchev–Trinajstić information content (AvgIpc) is 2.48. The first-order valence-electron chi connectivity index (χ1n) is 5.47. The van der Waals surface area contributed by atoms with Crippen molar-refractivity contribution < 1.29 is 0 Å². The zero-order chi connectivity index (χ0) is 9.64. The van der Waals surface area contributed by atoms with Crippen molar-refractivity contribution in [1.29, 1.82) is 0 Å². The summed E-state index contributed by atoms with van der Waals surface area (Å²) in [6.07, 6.45) is 3.99. The Hall–Kier alpha value is -0.860. The van der Waals surface area contributed by atoms with Gasteiger partial charge in [0.15, 0.2) is 0 Å². The molecule has 0 bridgehead atoms. The molecule has 76 valence electrons. The van der Waals surface area contributed by atoms with E-state index < -0.39 is 0 Å². The molecule has 2 heteroatoms. The minimum atomic E-state index is 1.03. The van der Waals surface area contributed by atoms with E-state index in [2.05, 4.69) is 40.8 Å². The normalized spacial score (nSPS) is 19.1. The van der Waals surface area contributed by atoms with E-state index in [1.165, 1.54) is 31.4 Å². The summed E-state index contributed by atoms with van der Waals surface area (Å²) in [6, 6.07) is 10.7. The second-order valence-corrected chi connectivity index (χ2v) is 3.88. The molecule has 0 saturated carbocycles. The van der Waals surface area contributed by atoms with Gasteiger partial charge in [-0.25, -0.2) is 5.01 Å². The molecule has 1 aliphatic heterocycles. The van der Waals surface area contributed by atoms with Crippen molar-refractivity contribution >= 4 is 0 Å². The van der Waals surface area contributed by atoms with Gasteiger partial charge in [0, 0.05) is 19.6 Å². The topological polar surface area (TPSA) is 15.3 Å². The summed E-state index contributed by atoms with van der Waals surface area (Å²) in [5.74, 6) is 0. The molecule has 0 atom stereocenters. The van der Waals surface area contributed by atoms with Crippen molar-refractivity contribution in [2.24, 2.45) is 0 Å². The van der Waals surface area contributed by atoms with Crippen molar-refractivity contribution in [3.8, 4) is 0 Å². The molecule has 2 nitrogen and oxygen atoms in total. The third kappa shape index (κ3) is 2.82. The maximum Gasteiger partial charge on any atom is 0.0381 e. The number of benzene rings is 1. The Morgan fingerprint density at radius 2 is 1.93 bits per heavy atom. The predicted octanol–water partition coefficient (Wildman–Crippen LogP) is 2.18. The number of hydrogen-bond acceptors (Lipinski definition) is 2. The van der Waals surface area contributed by atoms with E-state index in [1.54, 1.807) is 0 Å². The fourth-order valence-electron chi connectivity index (χ4n) is 1.86. The Kier molecular flexibility index (Phi) is 3.55. The minimum absolute atomic E-state index is 1.03. The van der Waals surface area contributed by atoms with E-state index in [0.717, 1.165) is 13.1 Å². The van der Waals surface area contributed by atoms with Crippen LogP contribution in [-0.4, -0.2) is 18.1 Å². The molecule has 1 aromatic rings. The molecule has 0 radical (unpaired) electrons. The van der Waals surface area contributed by atoms with Gasteiger partial charge in [-0.3, -0.25) is 5.43 Å². The Balaban J connectivity index is 1.90. The van der Waals surface area contributed by atoms with Crippen LogP contribution in [0.2, 0.25) is 0 Å². The van der Waals surface area contributed by atoms with Gasteiger partial charge in [-0.1, -0.05) is 36.8 Å². The smallest absolute Gasteiger partial charge is 0.0381 e. The maximum atomic E-state index is 3.46. The summed E-state index contributed by atoms with van der Waals surface area (Å²) in [4.78, 5) is 0. The van der Waals surface area contributed by atoms with Crippen LogP contribution < -0.4 is 5.43 Å². The first kappa shape index (κ1) is 9.69.